The maximum absolute atomic E-state index is 14.2. The first-order valence-corrected chi connectivity index (χ1v) is 15.8. The van der Waals surface area contributed by atoms with Crippen molar-refractivity contribution in [2.75, 3.05) is 13.7 Å². The molecule has 5 atom stereocenters. The lowest BCUT2D eigenvalue weighted by Gasteiger charge is -2.41. The summed E-state index contributed by atoms with van der Waals surface area (Å²) in [5, 5.41) is 6.06. The van der Waals surface area contributed by atoms with Gasteiger partial charge in [-0.2, -0.15) is 0 Å². The van der Waals surface area contributed by atoms with Crippen molar-refractivity contribution in [3.8, 4) is 5.75 Å². The number of hydrogen-bond donors (Lipinski definition) is 2. The highest BCUT2D eigenvalue weighted by molar-refractivity contribution is 6.38. The number of ether oxygens (including phenoxy) is 1. The number of aryl methyl sites for hydroxylation is 1. The third-order valence-corrected chi connectivity index (χ3v) is 9.65. The zero-order chi connectivity index (χ0) is 31.3. The van der Waals surface area contributed by atoms with Crippen molar-refractivity contribution in [2.24, 2.45) is 5.41 Å². The summed E-state index contributed by atoms with van der Waals surface area (Å²) in [5.74, 6) is -0.935. The lowest BCUT2D eigenvalue weighted by atomic mass is 9.84. The number of nitrogens with zero attached hydrogens (tertiary/aromatic N) is 2. The summed E-state index contributed by atoms with van der Waals surface area (Å²) < 4.78 is 5.27. The third-order valence-electron chi connectivity index (χ3n) is 9.65. The van der Waals surface area contributed by atoms with Crippen LogP contribution in [0.15, 0.2) is 24.3 Å². The summed E-state index contributed by atoms with van der Waals surface area (Å²) in [7, 11) is 1.61. The molecular formula is C33H48N4O6. The first-order chi connectivity index (χ1) is 20.4. The van der Waals surface area contributed by atoms with Gasteiger partial charge in [0.05, 0.1) is 7.11 Å². The number of carbonyl (C=O) groups excluding carboxylic acids is 5. The fraction of sp³-hybridized carbons (Fsp3) is 0.667. The zero-order valence-corrected chi connectivity index (χ0v) is 26.3. The molecule has 0 spiro atoms. The number of rotatable bonds is 11. The monoisotopic (exact) mass is 596 g/mol. The van der Waals surface area contributed by atoms with Crippen LogP contribution in [-0.2, 0) is 30.4 Å². The number of amides is 4. The van der Waals surface area contributed by atoms with E-state index >= 15 is 0 Å². The average molecular weight is 597 g/mol. The fourth-order valence-electron chi connectivity index (χ4n) is 6.78. The predicted molar refractivity (Wildman–Crippen MR) is 162 cm³/mol. The Morgan fingerprint density at radius 1 is 1.00 bits per heavy atom. The third kappa shape index (κ3) is 7.57. The lowest BCUT2D eigenvalue weighted by molar-refractivity contribution is -0.154. The van der Waals surface area contributed by atoms with Crippen LogP contribution >= 0.6 is 0 Å². The highest BCUT2D eigenvalue weighted by Gasteiger charge is 2.46. The van der Waals surface area contributed by atoms with Gasteiger partial charge in [-0.1, -0.05) is 32.9 Å². The van der Waals surface area contributed by atoms with Crippen molar-refractivity contribution in [3.63, 3.8) is 0 Å². The standard InChI is InChI=1S/C33H48N4O6/c1-6-33(3,4)29(39)32(42)36-18-8-7-9-28(36)30(40)35-27(17-12-22-10-15-26(43-5)16-11-22)31(41)37-24-13-14-25(37)20-23(19-24)34-21(2)38/h10-11,15-16,23-25,27-28H,6-9,12-14,17-20H2,1-5H3,(H,34,38)(H,35,40)/t23?,24-,25+,27-,28+/m1/s1. The quantitative estimate of drug-likeness (QED) is 0.378. The van der Waals surface area contributed by atoms with E-state index in [2.05, 4.69) is 10.6 Å². The number of Topliss-reactive ketones (excluding diaryl/α,β-unsaturated/α-hetero) is 1. The van der Waals surface area contributed by atoms with Gasteiger partial charge in [0.1, 0.15) is 17.8 Å². The van der Waals surface area contributed by atoms with Crippen molar-refractivity contribution < 1.29 is 28.7 Å². The van der Waals surface area contributed by atoms with Gasteiger partial charge in [0, 0.05) is 37.0 Å². The lowest BCUT2D eigenvalue weighted by Crippen LogP contribution is -2.60. The van der Waals surface area contributed by atoms with E-state index in [-0.39, 0.29) is 35.8 Å². The molecule has 4 rings (SSSR count). The van der Waals surface area contributed by atoms with Crippen LogP contribution in [0.25, 0.3) is 0 Å². The van der Waals surface area contributed by atoms with Crippen LogP contribution < -0.4 is 15.4 Å². The van der Waals surface area contributed by atoms with Crippen molar-refractivity contribution in [2.45, 2.75) is 122 Å². The Balaban J connectivity index is 1.53. The molecule has 3 saturated heterocycles. The van der Waals surface area contributed by atoms with Crippen molar-refractivity contribution in [1.82, 2.24) is 20.4 Å². The molecule has 0 aromatic heterocycles. The number of fused-ring (bicyclic) bond motifs is 2. The van der Waals surface area contributed by atoms with Gasteiger partial charge in [-0.25, -0.2) is 0 Å². The van der Waals surface area contributed by atoms with Crippen LogP contribution in [0.3, 0.4) is 0 Å². The molecule has 236 valence electrons. The van der Waals surface area contributed by atoms with Gasteiger partial charge >= 0.3 is 0 Å². The Morgan fingerprint density at radius 2 is 1.65 bits per heavy atom. The van der Waals surface area contributed by atoms with E-state index < -0.39 is 29.2 Å². The molecule has 3 fully saturated rings. The molecule has 1 aromatic rings. The Hall–Kier alpha value is -3.43. The number of hydrogen-bond acceptors (Lipinski definition) is 6. The Kier molecular flexibility index (Phi) is 10.5. The number of carbonyl (C=O) groups is 5. The second kappa shape index (κ2) is 13.9. The Morgan fingerprint density at radius 3 is 2.23 bits per heavy atom. The SMILES string of the molecule is CCC(C)(C)C(=O)C(=O)N1CCCC[C@H]1C(=O)N[C@H](CCc1ccc(OC)cc1)C(=O)N1[C@@H]2CC[C@H]1CC(NC(C)=O)C2. The minimum absolute atomic E-state index is 0.00476. The van der Waals surface area contributed by atoms with Crippen LogP contribution in [0.2, 0.25) is 0 Å². The molecule has 2 N–H and O–H groups in total. The van der Waals surface area contributed by atoms with Gasteiger partial charge < -0.3 is 25.2 Å². The second-order valence-electron chi connectivity index (χ2n) is 13.0. The van der Waals surface area contributed by atoms with E-state index in [1.165, 1.54) is 11.8 Å². The highest BCUT2D eigenvalue weighted by atomic mass is 16.5. The van der Waals surface area contributed by atoms with E-state index in [0.717, 1.165) is 37.0 Å². The normalized spacial score (nSPS) is 24.2. The van der Waals surface area contributed by atoms with E-state index in [0.29, 0.717) is 45.1 Å². The Bertz CT molecular complexity index is 1180. The molecule has 2 bridgehead atoms. The first kappa shape index (κ1) is 32.5. The number of nitrogens with one attached hydrogen (secondary N) is 2. The minimum atomic E-state index is -0.810. The van der Waals surface area contributed by atoms with Crippen LogP contribution in [-0.4, -0.2) is 83.1 Å². The Labute approximate surface area is 255 Å². The summed E-state index contributed by atoms with van der Waals surface area (Å²) >= 11 is 0. The summed E-state index contributed by atoms with van der Waals surface area (Å²) in [6.45, 7) is 7.23. The molecule has 10 nitrogen and oxygen atoms in total. The first-order valence-electron chi connectivity index (χ1n) is 15.8. The second-order valence-corrected chi connectivity index (χ2v) is 13.0. The van der Waals surface area contributed by atoms with Crippen molar-refractivity contribution in [1.29, 1.82) is 0 Å². The van der Waals surface area contributed by atoms with Gasteiger partial charge in [-0.3, -0.25) is 24.0 Å². The molecule has 3 aliphatic heterocycles. The molecule has 0 radical (unpaired) electrons. The molecule has 1 aromatic carbocycles. The molecule has 10 heteroatoms. The molecule has 0 aliphatic carbocycles. The molecule has 3 heterocycles. The van der Waals surface area contributed by atoms with Crippen LogP contribution in [0, 0.1) is 5.41 Å². The van der Waals surface area contributed by atoms with Gasteiger partial charge in [0.15, 0.2) is 0 Å². The number of piperidine rings is 2. The summed E-state index contributed by atoms with van der Waals surface area (Å²) in [4.78, 5) is 69.5. The van der Waals surface area contributed by atoms with Crippen LogP contribution in [0.1, 0.15) is 91.0 Å². The maximum atomic E-state index is 14.2. The number of ketones is 1. The summed E-state index contributed by atoms with van der Waals surface area (Å²) in [6.07, 6.45) is 6.54. The van der Waals surface area contributed by atoms with Crippen LogP contribution in [0.4, 0.5) is 0 Å². The summed E-state index contributed by atoms with van der Waals surface area (Å²) in [6, 6.07) is 6.12. The number of benzene rings is 1. The van der Waals surface area contributed by atoms with Gasteiger partial charge in [0.2, 0.25) is 23.5 Å². The molecule has 0 saturated carbocycles. The number of methoxy groups -OCH3 is 1. The zero-order valence-electron chi connectivity index (χ0n) is 26.3. The van der Waals surface area contributed by atoms with Crippen LogP contribution in [0.5, 0.6) is 5.75 Å². The average Bonchev–Trinajstić information content (AvgIpc) is 3.27. The topological polar surface area (TPSA) is 125 Å². The van der Waals surface area contributed by atoms with Gasteiger partial charge in [-0.15, -0.1) is 0 Å². The molecule has 43 heavy (non-hydrogen) atoms. The molecule has 4 amide bonds. The van der Waals surface area contributed by atoms with E-state index in [9.17, 15) is 24.0 Å². The molecule has 3 aliphatic rings. The van der Waals surface area contributed by atoms with E-state index in [1.807, 2.05) is 36.1 Å². The smallest absolute Gasteiger partial charge is 0.291 e. The molecular weight excluding hydrogens is 548 g/mol. The van der Waals surface area contributed by atoms with Crippen molar-refractivity contribution in [3.05, 3.63) is 29.8 Å². The maximum Gasteiger partial charge on any atom is 0.291 e. The fourth-order valence-corrected chi connectivity index (χ4v) is 6.78. The molecule has 1 unspecified atom stereocenters. The predicted octanol–water partition coefficient (Wildman–Crippen LogP) is 3.16. The minimum Gasteiger partial charge on any atom is -0.497 e. The van der Waals surface area contributed by atoms with E-state index in [1.54, 1.807) is 21.0 Å². The largest absolute Gasteiger partial charge is 0.497 e. The summed E-state index contributed by atoms with van der Waals surface area (Å²) in [5.41, 5.74) is 0.205. The highest BCUT2D eigenvalue weighted by Crippen LogP contribution is 2.36. The van der Waals surface area contributed by atoms with E-state index in [4.69, 9.17) is 4.74 Å². The van der Waals surface area contributed by atoms with Crippen molar-refractivity contribution >= 4 is 29.4 Å². The van der Waals surface area contributed by atoms with Gasteiger partial charge in [-0.05, 0) is 81.9 Å². The van der Waals surface area contributed by atoms with Gasteiger partial charge in [0.25, 0.3) is 5.91 Å². The number of likely N-dealkylation sites (tertiary alicyclic amines) is 1.